The topological polar surface area (TPSA) is 48.1 Å². The zero-order chi connectivity index (χ0) is 15.2. The average molecular weight is 284 g/mol. The predicted octanol–water partition coefficient (Wildman–Crippen LogP) is 4.04. The first-order chi connectivity index (χ1) is 10.1. The molecule has 0 saturated carbocycles. The van der Waals surface area contributed by atoms with E-state index in [1.807, 2.05) is 6.07 Å². The third-order valence-corrected chi connectivity index (χ3v) is 3.53. The van der Waals surface area contributed by atoms with Gasteiger partial charge in [-0.15, -0.1) is 0 Å². The standard InChI is InChI=1S/C18H24N2O/c1-4-9-21-17-10-16(11-20-12-17)18(19)15-7-5-14(6-8-15)13(2)3/h5-8,10-13,18H,4,9,19H2,1-3H3. The summed E-state index contributed by atoms with van der Waals surface area (Å²) in [6.45, 7) is 7.16. The van der Waals surface area contributed by atoms with E-state index >= 15 is 0 Å². The van der Waals surface area contributed by atoms with Gasteiger partial charge in [-0.05, 0) is 35.1 Å². The maximum absolute atomic E-state index is 6.34. The van der Waals surface area contributed by atoms with Crippen LogP contribution in [-0.4, -0.2) is 11.6 Å². The summed E-state index contributed by atoms with van der Waals surface area (Å²) in [5.41, 5.74) is 9.73. The van der Waals surface area contributed by atoms with Gasteiger partial charge in [0.05, 0.1) is 18.8 Å². The minimum Gasteiger partial charge on any atom is -0.492 e. The second-order valence-corrected chi connectivity index (χ2v) is 5.60. The first-order valence-corrected chi connectivity index (χ1v) is 7.55. The molecule has 0 aliphatic carbocycles. The summed E-state index contributed by atoms with van der Waals surface area (Å²) in [5, 5.41) is 0. The number of nitrogens with zero attached hydrogens (tertiary/aromatic N) is 1. The molecule has 1 aromatic carbocycles. The molecule has 0 spiro atoms. The van der Waals surface area contributed by atoms with E-state index in [0.717, 1.165) is 23.3 Å². The van der Waals surface area contributed by atoms with E-state index in [0.29, 0.717) is 12.5 Å². The average Bonchev–Trinajstić information content (AvgIpc) is 2.52. The van der Waals surface area contributed by atoms with Crippen molar-refractivity contribution >= 4 is 0 Å². The molecule has 0 bridgehead atoms. The fourth-order valence-electron chi connectivity index (χ4n) is 2.19. The predicted molar refractivity (Wildman–Crippen MR) is 86.6 cm³/mol. The molecule has 0 radical (unpaired) electrons. The van der Waals surface area contributed by atoms with Crippen LogP contribution in [0.4, 0.5) is 0 Å². The molecule has 0 saturated heterocycles. The normalized spacial score (nSPS) is 12.4. The van der Waals surface area contributed by atoms with E-state index in [2.05, 4.69) is 50.0 Å². The molecule has 112 valence electrons. The van der Waals surface area contributed by atoms with Crippen molar-refractivity contribution in [2.75, 3.05) is 6.61 Å². The highest BCUT2D eigenvalue weighted by molar-refractivity contribution is 5.35. The molecule has 2 rings (SSSR count). The van der Waals surface area contributed by atoms with Gasteiger partial charge in [-0.25, -0.2) is 0 Å². The highest BCUT2D eigenvalue weighted by Gasteiger charge is 2.11. The highest BCUT2D eigenvalue weighted by atomic mass is 16.5. The maximum Gasteiger partial charge on any atom is 0.137 e. The number of rotatable bonds is 6. The Morgan fingerprint density at radius 3 is 2.33 bits per heavy atom. The van der Waals surface area contributed by atoms with Gasteiger partial charge in [0.25, 0.3) is 0 Å². The van der Waals surface area contributed by atoms with E-state index in [1.165, 1.54) is 5.56 Å². The van der Waals surface area contributed by atoms with Crippen LogP contribution in [-0.2, 0) is 0 Å². The number of pyridine rings is 1. The number of nitrogens with two attached hydrogens (primary N) is 1. The Bertz CT molecular complexity index is 564. The van der Waals surface area contributed by atoms with Crippen LogP contribution >= 0.6 is 0 Å². The number of hydrogen-bond donors (Lipinski definition) is 1. The molecule has 0 aliphatic rings. The first kappa shape index (κ1) is 15.5. The number of ether oxygens (including phenoxy) is 1. The van der Waals surface area contributed by atoms with Gasteiger partial charge in [-0.2, -0.15) is 0 Å². The van der Waals surface area contributed by atoms with E-state index in [1.54, 1.807) is 12.4 Å². The Morgan fingerprint density at radius 1 is 1.05 bits per heavy atom. The van der Waals surface area contributed by atoms with Crippen LogP contribution in [0, 0.1) is 0 Å². The van der Waals surface area contributed by atoms with Crippen molar-refractivity contribution in [1.82, 2.24) is 4.98 Å². The highest BCUT2D eigenvalue weighted by Crippen LogP contribution is 2.24. The lowest BCUT2D eigenvalue weighted by Gasteiger charge is -2.15. The van der Waals surface area contributed by atoms with Gasteiger partial charge in [-0.3, -0.25) is 4.98 Å². The number of benzene rings is 1. The van der Waals surface area contributed by atoms with Gasteiger partial charge in [0.1, 0.15) is 5.75 Å². The molecular formula is C18H24N2O. The minimum atomic E-state index is -0.177. The third kappa shape index (κ3) is 4.05. The van der Waals surface area contributed by atoms with Crippen LogP contribution in [0.2, 0.25) is 0 Å². The molecule has 1 atom stereocenters. The minimum absolute atomic E-state index is 0.177. The van der Waals surface area contributed by atoms with E-state index < -0.39 is 0 Å². The van der Waals surface area contributed by atoms with E-state index in [-0.39, 0.29) is 6.04 Å². The van der Waals surface area contributed by atoms with Crippen LogP contribution in [0.25, 0.3) is 0 Å². The fraction of sp³-hybridized carbons (Fsp3) is 0.389. The Morgan fingerprint density at radius 2 is 1.71 bits per heavy atom. The van der Waals surface area contributed by atoms with Crippen molar-refractivity contribution in [2.45, 2.75) is 39.2 Å². The van der Waals surface area contributed by atoms with Gasteiger partial charge in [-0.1, -0.05) is 45.0 Å². The quantitative estimate of drug-likeness (QED) is 0.870. The zero-order valence-electron chi connectivity index (χ0n) is 13.0. The summed E-state index contributed by atoms with van der Waals surface area (Å²) < 4.78 is 5.61. The van der Waals surface area contributed by atoms with E-state index in [9.17, 15) is 0 Å². The molecule has 0 amide bonds. The molecule has 0 aliphatic heterocycles. The molecule has 1 heterocycles. The Balaban J connectivity index is 2.16. The molecule has 1 unspecified atom stereocenters. The first-order valence-electron chi connectivity index (χ1n) is 7.55. The summed E-state index contributed by atoms with van der Waals surface area (Å²) >= 11 is 0. The molecule has 2 N–H and O–H groups in total. The van der Waals surface area contributed by atoms with Crippen molar-refractivity contribution in [3.05, 3.63) is 59.4 Å². The van der Waals surface area contributed by atoms with Crippen LogP contribution in [0.1, 0.15) is 55.8 Å². The van der Waals surface area contributed by atoms with Crippen molar-refractivity contribution in [3.8, 4) is 5.75 Å². The Kier molecular flexibility index (Phi) is 5.34. The van der Waals surface area contributed by atoms with Crippen molar-refractivity contribution < 1.29 is 4.74 Å². The molecule has 0 fully saturated rings. The van der Waals surface area contributed by atoms with Crippen molar-refractivity contribution in [2.24, 2.45) is 5.73 Å². The van der Waals surface area contributed by atoms with Crippen LogP contribution in [0.3, 0.4) is 0 Å². The Labute approximate surface area is 127 Å². The largest absolute Gasteiger partial charge is 0.492 e. The molecule has 3 heteroatoms. The number of hydrogen-bond acceptors (Lipinski definition) is 3. The smallest absolute Gasteiger partial charge is 0.137 e. The number of aromatic nitrogens is 1. The third-order valence-electron chi connectivity index (χ3n) is 3.53. The van der Waals surface area contributed by atoms with Crippen LogP contribution in [0.5, 0.6) is 5.75 Å². The SMILES string of the molecule is CCCOc1cncc(C(N)c2ccc(C(C)C)cc2)c1. The monoisotopic (exact) mass is 284 g/mol. The second kappa shape index (κ2) is 7.23. The summed E-state index contributed by atoms with van der Waals surface area (Å²) in [7, 11) is 0. The van der Waals surface area contributed by atoms with Gasteiger partial charge in [0.15, 0.2) is 0 Å². The molecule has 2 aromatic rings. The second-order valence-electron chi connectivity index (χ2n) is 5.60. The van der Waals surface area contributed by atoms with Crippen LogP contribution < -0.4 is 10.5 Å². The zero-order valence-corrected chi connectivity index (χ0v) is 13.0. The molecule has 1 aromatic heterocycles. The summed E-state index contributed by atoms with van der Waals surface area (Å²) in [6.07, 6.45) is 4.51. The van der Waals surface area contributed by atoms with E-state index in [4.69, 9.17) is 10.5 Å². The van der Waals surface area contributed by atoms with Crippen LogP contribution in [0.15, 0.2) is 42.7 Å². The van der Waals surface area contributed by atoms with Crippen molar-refractivity contribution in [3.63, 3.8) is 0 Å². The van der Waals surface area contributed by atoms with Crippen molar-refractivity contribution in [1.29, 1.82) is 0 Å². The lowest BCUT2D eigenvalue weighted by Crippen LogP contribution is -2.12. The lowest BCUT2D eigenvalue weighted by molar-refractivity contribution is 0.315. The summed E-state index contributed by atoms with van der Waals surface area (Å²) in [4.78, 5) is 4.22. The lowest BCUT2D eigenvalue weighted by atomic mass is 9.96. The van der Waals surface area contributed by atoms with Gasteiger partial charge in [0, 0.05) is 6.20 Å². The van der Waals surface area contributed by atoms with Gasteiger partial charge >= 0.3 is 0 Å². The molecule has 3 nitrogen and oxygen atoms in total. The summed E-state index contributed by atoms with van der Waals surface area (Å²) in [6, 6.07) is 10.3. The molecular weight excluding hydrogens is 260 g/mol. The van der Waals surface area contributed by atoms with Gasteiger partial charge in [0.2, 0.25) is 0 Å². The Hall–Kier alpha value is -1.87. The summed E-state index contributed by atoms with van der Waals surface area (Å²) in [5.74, 6) is 1.31. The maximum atomic E-state index is 6.34. The van der Waals surface area contributed by atoms with Gasteiger partial charge < -0.3 is 10.5 Å². The fourth-order valence-corrected chi connectivity index (χ4v) is 2.19. The molecule has 21 heavy (non-hydrogen) atoms.